The van der Waals surface area contributed by atoms with Crippen molar-refractivity contribution >= 4 is 5.97 Å². The zero-order valence-corrected chi connectivity index (χ0v) is 7.49. The van der Waals surface area contributed by atoms with Crippen molar-refractivity contribution < 1.29 is 14.3 Å². The van der Waals surface area contributed by atoms with E-state index in [1.165, 1.54) is 0 Å². The molecule has 2 rings (SSSR count). The van der Waals surface area contributed by atoms with Crippen LogP contribution in [0.25, 0.3) is 0 Å². The van der Waals surface area contributed by atoms with Gasteiger partial charge in [0.1, 0.15) is 0 Å². The van der Waals surface area contributed by atoms with Gasteiger partial charge in [0.25, 0.3) is 0 Å². The van der Waals surface area contributed by atoms with E-state index >= 15 is 0 Å². The molecule has 1 aliphatic carbocycles. The Balaban J connectivity index is 2.41. The molecule has 2 atom stereocenters. The van der Waals surface area contributed by atoms with Gasteiger partial charge >= 0.3 is 5.97 Å². The van der Waals surface area contributed by atoms with E-state index in [0.717, 1.165) is 24.0 Å². The summed E-state index contributed by atoms with van der Waals surface area (Å²) in [6, 6.07) is 0. The molecule has 0 amide bonds. The average molecular weight is 180 g/mol. The number of carboxylic acid groups (broad SMARTS) is 1. The fourth-order valence-electron chi connectivity index (χ4n) is 2.04. The van der Waals surface area contributed by atoms with Gasteiger partial charge < -0.3 is 9.52 Å². The third kappa shape index (κ3) is 1.24. The minimum Gasteiger partial charge on any atom is -0.481 e. The smallest absolute Gasteiger partial charge is 0.311 e. The highest BCUT2D eigenvalue weighted by Crippen LogP contribution is 2.36. The first-order valence-corrected chi connectivity index (χ1v) is 4.48. The lowest BCUT2D eigenvalue weighted by Gasteiger charge is -2.24. The van der Waals surface area contributed by atoms with E-state index < -0.39 is 5.97 Å². The highest BCUT2D eigenvalue weighted by Gasteiger charge is 2.33. The molecule has 2 unspecified atom stereocenters. The number of rotatable bonds is 1. The van der Waals surface area contributed by atoms with Crippen LogP contribution in [0.1, 0.15) is 30.4 Å². The molecule has 70 valence electrons. The van der Waals surface area contributed by atoms with Gasteiger partial charge in [0.2, 0.25) is 0 Å². The SMILES string of the molecule is CC1CCc2cocc2C1C(=O)O. The van der Waals surface area contributed by atoms with Crippen molar-refractivity contribution in [3.05, 3.63) is 23.7 Å². The molecule has 13 heavy (non-hydrogen) atoms. The lowest BCUT2D eigenvalue weighted by molar-refractivity contribution is -0.140. The fraction of sp³-hybridized carbons (Fsp3) is 0.500. The largest absolute Gasteiger partial charge is 0.481 e. The van der Waals surface area contributed by atoms with Crippen molar-refractivity contribution in [2.75, 3.05) is 0 Å². The van der Waals surface area contributed by atoms with E-state index in [4.69, 9.17) is 9.52 Å². The molecule has 0 aromatic carbocycles. The average Bonchev–Trinajstić information content (AvgIpc) is 2.50. The molecule has 3 nitrogen and oxygen atoms in total. The highest BCUT2D eigenvalue weighted by molar-refractivity contribution is 5.77. The van der Waals surface area contributed by atoms with Crippen LogP contribution in [0.2, 0.25) is 0 Å². The molecule has 0 spiro atoms. The second-order valence-electron chi connectivity index (χ2n) is 3.68. The summed E-state index contributed by atoms with van der Waals surface area (Å²) >= 11 is 0. The molecule has 1 aliphatic rings. The molecule has 0 radical (unpaired) electrons. The Hall–Kier alpha value is -1.25. The summed E-state index contributed by atoms with van der Waals surface area (Å²) in [6.07, 6.45) is 5.11. The summed E-state index contributed by atoms with van der Waals surface area (Å²) in [7, 11) is 0. The Labute approximate surface area is 76.4 Å². The molecule has 0 saturated carbocycles. The first-order chi connectivity index (χ1) is 6.20. The number of carbonyl (C=O) groups is 1. The Kier molecular flexibility index (Phi) is 1.87. The maximum atomic E-state index is 11.0. The lowest BCUT2D eigenvalue weighted by Crippen LogP contribution is -2.24. The summed E-state index contributed by atoms with van der Waals surface area (Å²) in [6.45, 7) is 1.98. The Morgan fingerprint density at radius 3 is 3.08 bits per heavy atom. The molecule has 0 bridgehead atoms. The van der Waals surface area contributed by atoms with Crippen LogP contribution in [-0.2, 0) is 11.2 Å². The molecule has 3 heteroatoms. The zero-order chi connectivity index (χ0) is 9.42. The van der Waals surface area contributed by atoms with Gasteiger partial charge in [-0.15, -0.1) is 0 Å². The van der Waals surface area contributed by atoms with Gasteiger partial charge in [-0.05, 0) is 24.3 Å². The molecular formula is C10H12O3. The topological polar surface area (TPSA) is 50.4 Å². The van der Waals surface area contributed by atoms with Gasteiger partial charge in [0, 0.05) is 5.56 Å². The van der Waals surface area contributed by atoms with Gasteiger partial charge in [-0.2, -0.15) is 0 Å². The number of furan rings is 1. The second-order valence-corrected chi connectivity index (χ2v) is 3.68. The highest BCUT2D eigenvalue weighted by atomic mass is 16.4. The van der Waals surface area contributed by atoms with Crippen LogP contribution >= 0.6 is 0 Å². The summed E-state index contributed by atoms with van der Waals surface area (Å²) in [5, 5.41) is 9.03. The summed E-state index contributed by atoms with van der Waals surface area (Å²) in [4.78, 5) is 11.0. The minimum atomic E-state index is -0.741. The van der Waals surface area contributed by atoms with E-state index in [2.05, 4.69) is 0 Å². The van der Waals surface area contributed by atoms with Crippen molar-refractivity contribution in [2.24, 2.45) is 5.92 Å². The molecule has 0 fully saturated rings. The molecule has 0 saturated heterocycles. The molecule has 1 heterocycles. The van der Waals surface area contributed by atoms with Crippen LogP contribution in [0.5, 0.6) is 0 Å². The van der Waals surface area contributed by atoms with Crippen molar-refractivity contribution in [3.8, 4) is 0 Å². The summed E-state index contributed by atoms with van der Waals surface area (Å²) in [5.41, 5.74) is 1.93. The molecule has 1 aromatic heterocycles. The van der Waals surface area contributed by atoms with Gasteiger partial charge in [0.15, 0.2) is 0 Å². The number of hydrogen-bond donors (Lipinski definition) is 1. The van der Waals surface area contributed by atoms with Gasteiger partial charge in [-0.1, -0.05) is 6.92 Å². The maximum absolute atomic E-state index is 11.0. The van der Waals surface area contributed by atoms with Crippen LogP contribution in [0.15, 0.2) is 16.9 Å². The monoisotopic (exact) mass is 180 g/mol. The second kappa shape index (κ2) is 2.91. The maximum Gasteiger partial charge on any atom is 0.311 e. The number of hydrogen-bond acceptors (Lipinski definition) is 2. The first-order valence-electron chi connectivity index (χ1n) is 4.48. The van der Waals surface area contributed by atoms with Crippen molar-refractivity contribution in [3.63, 3.8) is 0 Å². The number of aryl methyl sites for hydroxylation is 1. The fourth-order valence-corrected chi connectivity index (χ4v) is 2.04. The van der Waals surface area contributed by atoms with Crippen LogP contribution < -0.4 is 0 Å². The van der Waals surface area contributed by atoms with E-state index in [9.17, 15) is 4.79 Å². The normalized spacial score (nSPS) is 26.8. The Morgan fingerprint density at radius 1 is 1.62 bits per heavy atom. The van der Waals surface area contributed by atoms with Crippen LogP contribution in [-0.4, -0.2) is 11.1 Å². The summed E-state index contributed by atoms with van der Waals surface area (Å²) < 4.78 is 5.03. The predicted octanol–water partition coefficient (Wildman–Crippen LogP) is 2.03. The molecule has 0 aliphatic heterocycles. The van der Waals surface area contributed by atoms with Crippen molar-refractivity contribution in [1.29, 1.82) is 0 Å². The van der Waals surface area contributed by atoms with E-state index in [0.29, 0.717) is 0 Å². The lowest BCUT2D eigenvalue weighted by atomic mass is 9.78. The van der Waals surface area contributed by atoms with Crippen molar-refractivity contribution in [1.82, 2.24) is 0 Å². The molecule has 1 N–H and O–H groups in total. The third-order valence-corrected chi connectivity index (χ3v) is 2.82. The number of fused-ring (bicyclic) bond motifs is 1. The van der Waals surface area contributed by atoms with E-state index in [1.54, 1.807) is 12.5 Å². The van der Waals surface area contributed by atoms with Gasteiger partial charge in [-0.3, -0.25) is 4.79 Å². The predicted molar refractivity (Wildman–Crippen MR) is 46.6 cm³/mol. The quantitative estimate of drug-likeness (QED) is 0.719. The van der Waals surface area contributed by atoms with E-state index in [-0.39, 0.29) is 11.8 Å². The standard InChI is InChI=1S/C10H12O3/c1-6-2-3-7-4-13-5-8(7)9(6)10(11)12/h4-6,9H,2-3H2,1H3,(H,11,12). The van der Waals surface area contributed by atoms with Crippen molar-refractivity contribution in [2.45, 2.75) is 25.7 Å². The van der Waals surface area contributed by atoms with Crippen LogP contribution in [0.4, 0.5) is 0 Å². The number of carboxylic acids is 1. The third-order valence-electron chi connectivity index (χ3n) is 2.82. The van der Waals surface area contributed by atoms with Crippen LogP contribution in [0, 0.1) is 5.92 Å². The molecule has 1 aromatic rings. The minimum absolute atomic E-state index is 0.211. The molecular weight excluding hydrogens is 168 g/mol. The van der Waals surface area contributed by atoms with Gasteiger partial charge in [0.05, 0.1) is 18.4 Å². The zero-order valence-electron chi connectivity index (χ0n) is 7.49. The number of aliphatic carboxylic acids is 1. The first kappa shape index (κ1) is 8.35. The van der Waals surface area contributed by atoms with Gasteiger partial charge in [-0.25, -0.2) is 0 Å². The Morgan fingerprint density at radius 2 is 2.38 bits per heavy atom. The van der Waals surface area contributed by atoms with E-state index in [1.807, 2.05) is 6.92 Å². The van der Waals surface area contributed by atoms with Crippen LogP contribution in [0.3, 0.4) is 0 Å². The Bertz CT molecular complexity index is 327. The summed E-state index contributed by atoms with van der Waals surface area (Å²) in [5.74, 6) is -0.903.